The van der Waals surface area contributed by atoms with Crippen LogP contribution < -0.4 is 0 Å². The predicted molar refractivity (Wildman–Crippen MR) is 430 cm³/mol. The molecule has 5 rings (SSSR count). The van der Waals surface area contributed by atoms with Crippen LogP contribution in [0.1, 0.15) is 179 Å². The molecule has 45 heteroatoms. The Morgan fingerprint density at radius 3 is 0.953 bits per heavy atom. The van der Waals surface area contributed by atoms with Gasteiger partial charge in [0.25, 0.3) is 0 Å². The van der Waals surface area contributed by atoms with Crippen molar-refractivity contribution in [2.75, 3.05) is 39.3 Å². The van der Waals surface area contributed by atoms with Crippen LogP contribution in [0.2, 0.25) is 0 Å². The molecule has 2 fully saturated rings. The van der Waals surface area contributed by atoms with Gasteiger partial charge in [0.15, 0.2) is 11.4 Å². The fourth-order valence-electron chi connectivity index (χ4n) is 12.3. The molecule has 0 saturated heterocycles. The Kier molecular flexibility index (Phi) is 53.1. The SMILES string of the molecule is C=C(O)c1cc(CC(=O)O)cc(C(=O)O)c1.CC(=O)/C(=C/C(=O)O)C(=O)O.CC(=O)C1CC(C(=O)O)CC(C(=O)O)C1.CC(=O)CC(O)(CC(=O)O)C(=O)O.CC(=O)CC1(CC(=O)O)CCC(C(=O)O)CC1.CC(=O)CN(CCN(CC(=O)O)CC(=O)O)CC(=O)O.CC(=O)Cc1cc(CC(=O)O)cc(C(=O)O)c1.CC(=O)Cc1cc(CC(=O)O)cc(CC(=O)O)c1. The summed E-state index contributed by atoms with van der Waals surface area (Å²) in [5, 5.41) is 165. The topological polar surface area (TPSA) is 801 Å². The number of carbonyl (C=O) groups excluding carboxylic acids is 7. The van der Waals surface area contributed by atoms with Crippen LogP contribution in [0.15, 0.2) is 72.8 Å². The first-order valence-electron chi connectivity index (χ1n) is 37.3. The summed E-state index contributed by atoms with van der Waals surface area (Å²) in [5.41, 5.74) is -0.730. The number of nitrogens with zero attached hydrogens (tertiary/aromatic N) is 2. The molecule has 0 spiro atoms. The lowest BCUT2D eigenvalue weighted by Gasteiger charge is -2.37. The van der Waals surface area contributed by atoms with Crippen LogP contribution in [-0.4, -0.2) is 294 Å². The van der Waals surface area contributed by atoms with E-state index in [9.17, 15) is 120 Å². The minimum absolute atomic E-state index is 0.000000000000000444. The summed E-state index contributed by atoms with van der Waals surface area (Å²) in [6.07, 6.45) is 0.874. The van der Waals surface area contributed by atoms with E-state index < -0.39 is 173 Å². The molecule has 127 heavy (non-hydrogen) atoms. The average molecular weight is 1800 g/mol. The number of benzene rings is 3. The van der Waals surface area contributed by atoms with E-state index in [1.807, 2.05) is 0 Å². The highest BCUT2D eigenvalue weighted by atomic mass is 16.4. The van der Waals surface area contributed by atoms with E-state index in [2.05, 4.69) is 6.58 Å². The maximum absolute atomic E-state index is 11.2. The molecular formula is C82H102N2O43. The van der Waals surface area contributed by atoms with Crippen LogP contribution in [0.3, 0.4) is 0 Å². The van der Waals surface area contributed by atoms with E-state index in [1.54, 1.807) is 24.3 Å². The fraction of sp³-hybridized carbons (Fsp3) is 0.439. The van der Waals surface area contributed by atoms with Gasteiger partial charge >= 0.3 is 101 Å². The highest BCUT2D eigenvalue weighted by molar-refractivity contribution is 6.18. The highest BCUT2D eigenvalue weighted by Gasteiger charge is 2.42. The van der Waals surface area contributed by atoms with E-state index in [0.29, 0.717) is 65.1 Å². The first-order chi connectivity index (χ1) is 58.3. The molecule has 698 valence electrons. The zero-order chi connectivity index (χ0) is 99.0. The van der Waals surface area contributed by atoms with Crippen molar-refractivity contribution in [2.45, 2.75) is 163 Å². The third-order valence-corrected chi connectivity index (χ3v) is 17.4. The minimum atomic E-state index is -2.49. The van der Waals surface area contributed by atoms with Crippen LogP contribution in [-0.2, 0) is 144 Å². The Bertz CT molecular complexity index is 4290. The molecule has 0 aliphatic heterocycles. The maximum atomic E-state index is 11.2. The van der Waals surface area contributed by atoms with Crippen molar-refractivity contribution >= 4 is 148 Å². The molecular weight excluding hydrogens is 1700 g/mol. The first-order valence-corrected chi connectivity index (χ1v) is 37.3. The number of hydrogen-bond donors (Lipinski definition) is 19. The smallest absolute Gasteiger partial charge is 0.339 e. The molecule has 0 amide bonds. The standard InChI is InChI=1S/C13H14O5.C12H12O5.C12H18O5.C11H18N2O7.C11H10O5.C10H14O5.C7H10O6.C6H6O5/c1-8(14)2-9-3-10(6-12(15)16)5-11(4-9)7-13(17)18;1-7(13)2-8-3-9(6-11(14)15)5-10(4-8)12(16)17;1-8(13)6-12(7-10(14)15)4-2-9(3-5-12)11(16)17;1-8(14)4-12(5-9(15)16)2-3-13(6-10(17)18)7-11(19)20;1-6(12)8-2-7(4-10(13)14)3-9(5-8)11(15)16;1-5(11)6-2-7(9(12)13)4-8(3-6)10(14)15;1-4(8)2-7(13,6(11)12)3-5(9)10;1-3(7)4(6(10)11)2-5(8)9/h3-5H,2,6-7H2,1H3,(H,15,16)(H,17,18);3-5H,2,6H2,1H3,(H,14,15)(H,16,17);9H,2-7H2,1H3,(H,14,15)(H,16,17);2-7H2,1H3,(H,15,16)(H,17,18)(H,19,20);2-3,5,12H,1,4H2,(H,13,14)(H,15,16);6-8H,2-4H2,1H3,(H,12,13)(H,14,15);13H,2-3H2,1H3,(H,9,10)(H,11,12);2H,1H3,(H,8,9)(H,10,11)/b;;;;;;;4-2-. The van der Waals surface area contributed by atoms with Gasteiger partial charge in [-0.2, -0.15) is 0 Å². The second kappa shape index (κ2) is 57.8. The molecule has 45 nitrogen and oxygen atoms in total. The predicted octanol–water partition coefficient (Wildman–Crippen LogP) is 3.59. The van der Waals surface area contributed by atoms with Crippen molar-refractivity contribution in [3.63, 3.8) is 0 Å². The molecule has 0 aromatic heterocycles. The highest BCUT2D eigenvalue weighted by Crippen LogP contribution is 2.45. The van der Waals surface area contributed by atoms with Crippen LogP contribution >= 0.6 is 0 Å². The van der Waals surface area contributed by atoms with Gasteiger partial charge in [-0.25, -0.2) is 24.0 Å². The Morgan fingerprint density at radius 2 is 0.693 bits per heavy atom. The minimum Gasteiger partial charge on any atom is -0.508 e. The Hall–Kier alpha value is -14.5. The number of carboxylic acid groups (broad SMARTS) is 17. The second-order valence-electron chi connectivity index (χ2n) is 29.2. The summed E-state index contributed by atoms with van der Waals surface area (Å²) in [5.74, 6) is -24.2. The second-order valence-corrected chi connectivity index (χ2v) is 29.2. The Labute approximate surface area is 721 Å². The summed E-state index contributed by atoms with van der Waals surface area (Å²) in [6.45, 7) is 11.0. The zero-order valence-corrected chi connectivity index (χ0v) is 69.7. The summed E-state index contributed by atoms with van der Waals surface area (Å²) < 4.78 is 0. The van der Waals surface area contributed by atoms with Gasteiger partial charge in [0.1, 0.15) is 46.0 Å². The number of aromatic carboxylic acids is 2. The van der Waals surface area contributed by atoms with Gasteiger partial charge in [0.05, 0.1) is 93.6 Å². The van der Waals surface area contributed by atoms with E-state index in [-0.39, 0.29) is 154 Å². The lowest BCUT2D eigenvalue weighted by Crippen LogP contribution is -2.43. The number of ketones is 7. The van der Waals surface area contributed by atoms with Gasteiger partial charge in [-0.1, -0.05) is 30.8 Å². The van der Waals surface area contributed by atoms with E-state index in [4.69, 9.17) is 91.9 Å². The molecule has 2 aliphatic rings. The molecule has 2 aliphatic carbocycles. The number of aliphatic hydroxyl groups is 2. The van der Waals surface area contributed by atoms with Crippen molar-refractivity contribution in [1.82, 2.24) is 9.80 Å². The number of rotatable bonds is 42. The van der Waals surface area contributed by atoms with Gasteiger partial charge in [-0.3, -0.25) is 96.1 Å². The van der Waals surface area contributed by atoms with E-state index in [1.165, 1.54) is 69.9 Å². The number of aliphatic hydroxyl groups excluding tert-OH is 1. The van der Waals surface area contributed by atoms with Crippen LogP contribution in [0.4, 0.5) is 0 Å². The molecule has 3 aromatic rings. The molecule has 3 aromatic carbocycles. The molecule has 3 atom stereocenters. The lowest BCUT2D eigenvalue weighted by atomic mass is 9.66. The molecule has 19 N–H and O–H groups in total. The third kappa shape index (κ3) is 54.6. The number of hydrogen-bond acceptors (Lipinski definition) is 28. The Morgan fingerprint density at radius 1 is 0.362 bits per heavy atom. The monoisotopic (exact) mass is 1800 g/mol. The number of carbonyl (C=O) groups is 24. The number of aliphatic carboxylic acids is 15. The largest absolute Gasteiger partial charge is 0.508 e. The summed E-state index contributed by atoms with van der Waals surface area (Å²) in [6, 6.07) is 12.9. The van der Waals surface area contributed by atoms with Crippen molar-refractivity contribution in [2.24, 2.45) is 29.1 Å². The molecule has 0 bridgehead atoms. The quantitative estimate of drug-likeness (QED) is 0.0167. The van der Waals surface area contributed by atoms with Crippen LogP contribution in [0, 0.1) is 29.1 Å². The fourth-order valence-corrected chi connectivity index (χ4v) is 12.3. The molecule has 0 radical (unpaired) electrons. The van der Waals surface area contributed by atoms with E-state index >= 15 is 0 Å². The van der Waals surface area contributed by atoms with Crippen LogP contribution in [0.25, 0.3) is 5.76 Å². The molecule has 3 unspecified atom stereocenters. The first kappa shape index (κ1) is 117. The van der Waals surface area contributed by atoms with Gasteiger partial charge < -0.3 is 102 Å². The zero-order valence-electron chi connectivity index (χ0n) is 69.7. The summed E-state index contributed by atoms with van der Waals surface area (Å²) in [7, 11) is 0. The maximum Gasteiger partial charge on any atom is 0.339 e. The normalized spacial score (nSPS) is 15.6. The average Bonchev–Trinajstić information content (AvgIpc) is 0.816. The van der Waals surface area contributed by atoms with Crippen molar-refractivity contribution in [3.8, 4) is 0 Å². The summed E-state index contributed by atoms with van der Waals surface area (Å²) >= 11 is 0. The van der Waals surface area contributed by atoms with Crippen molar-refractivity contribution in [1.29, 1.82) is 0 Å². The number of carboxylic acids is 17. The third-order valence-electron chi connectivity index (χ3n) is 17.4. The van der Waals surface area contributed by atoms with Crippen molar-refractivity contribution in [3.05, 3.63) is 123 Å². The lowest BCUT2D eigenvalue weighted by molar-refractivity contribution is -0.167. The van der Waals surface area contributed by atoms with Gasteiger partial charge in [-0.05, 0) is 163 Å². The van der Waals surface area contributed by atoms with Crippen LogP contribution in [0.5, 0.6) is 0 Å². The van der Waals surface area contributed by atoms with Gasteiger partial charge in [-0.15, -0.1) is 0 Å². The van der Waals surface area contributed by atoms with E-state index in [0.717, 1.165) is 18.7 Å². The van der Waals surface area contributed by atoms with Crippen molar-refractivity contribution < 1.29 is 212 Å². The molecule has 2 saturated carbocycles. The van der Waals surface area contributed by atoms with Gasteiger partial charge in [0.2, 0.25) is 0 Å². The van der Waals surface area contributed by atoms with Gasteiger partial charge in [0, 0.05) is 56.3 Å². The number of Topliss-reactive ketones (excluding diaryl/α,β-unsaturated/α-hetero) is 7. The molecule has 0 heterocycles. The summed E-state index contributed by atoms with van der Waals surface area (Å²) in [4.78, 5) is 258. The Balaban J connectivity index is -0.00000139.